The summed E-state index contributed by atoms with van der Waals surface area (Å²) in [5.41, 5.74) is 0.563. The number of hydrogen-bond acceptors (Lipinski definition) is 4. The molecule has 0 spiro atoms. The second-order valence-electron chi connectivity index (χ2n) is 4.92. The molecule has 4 nitrogen and oxygen atoms in total. The van der Waals surface area contributed by atoms with Crippen molar-refractivity contribution in [2.45, 2.75) is 18.6 Å². The lowest BCUT2D eigenvalue weighted by Crippen LogP contribution is -2.41. The molecule has 0 aromatic heterocycles. The van der Waals surface area contributed by atoms with E-state index in [0.717, 1.165) is 18.1 Å². The summed E-state index contributed by atoms with van der Waals surface area (Å²) in [6.07, 6.45) is -0.416. The van der Waals surface area contributed by atoms with Gasteiger partial charge in [-0.05, 0) is 12.1 Å². The van der Waals surface area contributed by atoms with Crippen LogP contribution >= 0.6 is 35.0 Å². The Hall–Kier alpha value is -0.460. The molecule has 1 heterocycles. The van der Waals surface area contributed by atoms with Crippen molar-refractivity contribution in [3.63, 3.8) is 0 Å². The molecule has 1 aromatic carbocycles. The molecule has 1 saturated heterocycles. The Bertz CT molecular complexity index is 496. The van der Waals surface area contributed by atoms with Gasteiger partial charge in [0, 0.05) is 52.7 Å². The van der Waals surface area contributed by atoms with Crippen LogP contribution in [-0.2, 0) is 4.79 Å². The second kappa shape index (κ2) is 8.25. The highest BCUT2D eigenvalue weighted by molar-refractivity contribution is 7.99. The van der Waals surface area contributed by atoms with Crippen molar-refractivity contribution >= 4 is 40.9 Å². The molecule has 116 valence electrons. The lowest BCUT2D eigenvalue weighted by Gasteiger charge is -2.23. The number of nitrogens with one attached hydrogen (secondary N) is 2. The maximum atomic E-state index is 11.9. The predicted molar refractivity (Wildman–Crippen MR) is 88.2 cm³/mol. The first-order chi connectivity index (χ1) is 10.1. The minimum atomic E-state index is -0.840. The fourth-order valence-electron chi connectivity index (χ4n) is 2.14. The van der Waals surface area contributed by atoms with Gasteiger partial charge in [-0.3, -0.25) is 4.79 Å². The maximum Gasteiger partial charge on any atom is 0.221 e. The van der Waals surface area contributed by atoms with Crippen LogP contribution in [0.25, 0.3) is 0 Å². The van der Waals surface area contributed by atoms with Crippen LogP contribution in [0, 0.1) is 0 Å². The Morgan fingerprint density at radius 1 is 1.52 bits per heavy atom. The van der Waals surface area contributed by atoms with Gasteiger partial charge in [0.2, 0.25) is 5.91 Å². The van der Waals surface area contributed by atoms with Gasteiger partial charge in [-0.2, -0.15) is 11.8 Å². The Morgan fingerprint density at radius 3 is 3.00 bits per heavy atom. The van der Waals surface area contributed by atoms with Crippen LogP contribution < -0.4 is 10.6 Å². The van der Waals surface area contributed by atoms with Crippen molar-refractivity contribution in [3.8, 4) is 0 Å². The predicted octanol–water partition coefficient (Wildman–Crippen LogP) is 2.24. The fraction of sp³-hybridized carbons (Fsp3) is 0.500. The Kier molecular flexibility index (Phi) is 6.64. The normalized spacial score (nSPS) is 20.0. The minimum Gasteiger partial charge on any atom is -0.387 e. The Morgan fingerprint density at radius 2 is 2.33 bits per heavy atom. The molecule has 2 rings (SSSR count). The van der Waals surface area contributed by atoms with Gasteiger partial charge in [-0.15, -0.1) is 0 Å². The monoisotopic (exact) mass is 348 g/mol. The largest absolute Gasteiger partial charge is 0.387 e. The van der Waals surface area contributed by atoms with Crippen molar-refractivity contribution < 1.29 is 9.90 Å². The van der Waals surface area contributed by atoms with Gasteiger partial charge in [-0.25, -0.2) is 0 Å². The van der Waals surface area contributed by atoms with Crippen molar-refractivity contribution in [3.05, 3.63) is 33.8 Å². The van der Waals surface area contributed by atoms with Crippen molar-refractivity contribution in [2.24, 2.45) is 0 Å². The SMILES string of the molecule is O=C(CC1CSCCN1)NCC(O)c1ccc(Cl)cc1Cl. The number of rotatable bonds is 5. The van der Waals surface area contributed by atoms with E-state index < -0.39 is 6.10 Å². The highest BCUT2D eigenvalue weighted by Crippen LogP contribution is 2.25. The average molecular weight is 349 g/mol. The summed E-state index contributed by atoms with van der Waals surface area (Å²) in [7, 11) is 0. The topological polar surface area (TPSA) is 61.4 Å². The number of thioether (sulfide) groups is 1. The first kappa shape index (κ1) is 16.9. The molecule has 0 saturated carbocycles. The molecule has 0 bridgehead atoms. The zero-order chi connectivity index (χ0) is 15.2. The highest BCUT2D eigenvalue weighted by atomic mass is 35.5. The zero-order valence-corrected chi connectivity index (χ0v) is 13.8. The standard InChI is InChI=1S/C14H18Cl2N2O2S/c15-9-1-2-11(12(16)5-9)13(19)7-18-14(20)6-10-8-21-4-3-17-10/h1-2,5,10,13,17,19H,3-4,6-8H2,(H,18,20). The molecule has 1 aliphatic heterocycles. The molecular weight excluding hydrogens is 331 g/mol. The summed E-state index contributed by atoms with van der Waals surface area (Å²) < 4.78 is 0. The van der Waals surface area contributed by atoms with Crippen molar-refractivity contribution in [1.82, 2.24) is 10.6 Å². The molecule has 1 amide bonds. The maximum absolute atomic E-state index is 11.9. The van der Waals surface area contributed by atoms with Gasteiger partial charge in [0.05, 0.1) is 6.10 Å². The third-order valence-electron chi connectivity index (χ3n) is 3.24. The molecule has 2 atom stereocenters. The van der Waals surface area contributed by atoms with E-state index in [1.54, 1.807) is 18.2 Å². The smallest absolute Gasteiger partial charge is 0.221 e. The van der Waals surface area contributed by atoms with Gasteiger partial charge >= 0.3 is 0 Å². The van der Waals surface area contributed by atoms with Gasteiger partial charge in [-0.1, -0.05) is 29.3 Å². The third-order valence-corrected chi connectivity index (χ3v) is 4.94. The van der Waals surface area contributed by atoms with Crippen LogP contribution in [0.15, 0.2) is 18.2 Å². The second-order valence-corrected chi connectivity index (χ2v) is 6.91. The molecular formula is C14H18Cl2N2O2S. The molecule has 0 radical (unpaired) electrons. The summed E-state index contributed by atoms with van der Waals surface area (Å²) >= 11 is 13.7. The number of carbonyl (C=O) groups is 1. The summed E-state index contributed by atoms with van der Waals surface area (Å²) in [5, 5.41) is 17.0. The number of aliphatic hydroxyl groups excluding tert-OH is 1. The quantitative estimate of drug-likeness (QED) is 0.763. The number of carbonyl (C=O) groups excluding carboxylic acids is 1. The van der Waals surface area contributed by atoms with E-state index in [0.29, 0.717) is 22.0 Å². The molecule has 7 heteroatoms. The molecule has 21 heavy (non-hydrogen) atoms. The first-order valence-electron chi connectivity index (χ1n) is 6.77. The summed E-state index contributed by atoms with van der Waals surface area (Å²) in [5.74, 6) is 1.96. The summed E-state index contributed by atoms with van der Waals surface area (Å²) in [6, 6.07) is 5.12. The Balaban J connectivity index is 1.80. The van der Waals surface area contributed by atoms with Crippen molar-refractivity contribution in [1.29, 1.82) is 0 Å². The van der Waals surface area contributed by atoms with Gasteiger partial charge < -0.3 is 15.7 Å². The van der Waals surface area contributed by atoms with Crippen LogP contribution in [0.3, 0.4) is 0 Å². The van der Waals surface area contributed by atoms with Crippen LogP contribution in [0.4, 0.5) is 0 Å². The van der Waals surface area contributed by atoms with Gasteiger partial charge in [0.1, 0.15) is 0 Å². The summed E-state index contributed by atoms with van der Waals surface area (Å²) in [4.78, 5) is 11.9. The van der Waals surface area contributed by atoms with E-state index in [2.05, 4.69) is 10.6 Å². The highest BCUT2D eigenvalue weighted by Gasteiger charge is 2.18. The molecule has 1 aromatic rings. The number of amides is 1. The Labute approximate surface area is 138 Å². The molecule has 3 N–H and O–H groups in total. The minimum absolute atomic E-state index is 0.0702. The van der Waals surface area contributed by atoms with E-state index in [4.69, 9.17) is 23.2 Å². The van der Waals surface area contributed by atoms with Crippen LogP contribution in [0.5, 0.6) is 0 Å². The number of benzene rings is 1. The van der Waals surface area contributed by atoms with E-state index in [1.807, 2.05) is 11.8 Å². The average Bonchev–Trinajstić information content (AvgIpc) is 2.46. The van der Waals surface area contributed by atoms with E-state index >= 15 is 0 Å². The molecule has 1 fully saturated rings. The number of aliphatic hydroxyl groups is 1. The zero-order valence-electron chi connectivity index (χ0n) is 11.4. The molecule has 2 unspecified atom stereocenters. The van der Waals surface area contributed by atoms with E-state index in [9.17, 15) is 9.90 Å². The van der Waals surface area contributed by atoms with Crippen LogP contribution in [0.2, 0.25) is 10.0 Å². The van der Waals surface area contributed by atoms with Gasteiger partial charge in [0.15, 0.2) is 0 Å². The van der Waals surface area contributed by atoms with Crippen LogP contribution in [-0.4, -0.2) is 41.7 Å². The van der Waals surface area contributed by atoms with Gasteiger partial charge in [0.25, 0.3) is 0 Å². The fourth-order valence-corrected chi connectivity index (χ4v) is 3.62. The molecule has 0 aliphatic carbocycles. The van der Waals surface area contributed by atoms with E-state index in [1.165, 1.54) is 0 Å². The molecule has 1 aliphatic rings. The lowest BCUT2D eigenvalue weighted by molar-refractivity contribution is -0.121. The summed E-state index contributed by atoms with van der Waals surface area (Å²) in [6.45, 7) is 1.08. The lowest BCUT2D eigenvalue weighted by atomic mass is 10.1. The number of hydrogen-bond donors (Lipinski definition) is 3. The van der Waals surface area contributed by atoms with Crippen molar-refractivity contribution in [2.75, 3.05) is 24.6 Å². The first-order valence-corrected chi connectivity index (χ1v) is 8.68. The van der Waals surface area contributed by atoms with Crippen LogP contribution in [0.1, 0.15) is 18.1 Å². The number of halogens is 2. The van der Waals surface area contributed by atoms with E-state index in [-0.39, 0.29) is 18.5 Å². The third kappa shape index (κ3) is 5.34.